The molecular formula is C18H21N3O3. The fraction of sp³-hybridized carbons (Fsp3) is 0.278. The molecule has 2 rings (SSSR count). The zero-order chi connectivity index (χ0) is 17.5. The lowest BCUT2D eigenvalue weighted by molar-refractivity contribution is 0.0600. The number of carbonyl (C=O) groups excluding carboxylic acids is 2. The van der Waals surface area contributed by atoms with Gasteiger partial charge in [0.05, 0.1) is 24.6 Å². The van der Waals surface area contributed by atoms with Crippen LogP contribution in [0.5, 0.6) is 0 Å². The van der Waals surface area contributed by atoms with E-state index < -0.39 is 5.97 Å². The Kier molecular flexibility index (Phi) is 5.89. The summed E-state index contributed by atoms with van der Waals surface area (Å²) in [6.45, 7) is 4.17. The molecule has 126 valence electrons. The molecule has 6 heteroatoms. The van der Waals surface area contributed by atoms with E-state index in [0.717, 1.165) is 12.1 Å². The van der Waals surface area contributed by atoms with Crippen LogP contribution in [0.25, 0.3) is 0 Å². The summed E-state index contributed by atoms with van der Waals surface area (Å²) < 4.78 is 4.66. The third kappa shape index (κ3) is 4.55. The van der Waals surface area contributed by atoms with Gasteiger partial charge in [-0.3, -0.25) is 4.79 Å². The number of aromatic nitrogens is 1. The predicted octanol–water partition coefficient (Wildman–Crippen LogP) is 3.33. The number of anilines is 2. The van der Waals surface area contributed by atoms with E-state index in [4.69, 9.17) is 0 Å². The van der Waals surface area contributed by atoms with Crippen molar-refractivity contribution in [3.05, 3.63) is 53.9 Å². The largest absolute Gasteiger partial charge is 0.465 e. The van der Waals surface area contributed by atoms with Gasteiger partial charge in [0, 0.05) is 11.7 Å². The summed E-state index contributed by atoms with van der Waals surface area (Å²) in [5, 5.41) is 6.01. The lowest BCUT2D eigenvalue weighted by Gasteiger charge is -2.12. The monoisotopic (exact) mass is 327 g/mol. The topological polar surface area (TPSA) is 80.3 Å². The smallest absolute Gasteiger partial charge is 0.337 e. The number of benzene rings is 1. The van der Waals surface area contributed by atoms with E-state index in [1.807, 2.05) is 6.07 Å². The minimum Gasteiger partial charge on any atom is -0.465 e. The van der Waals surface area contributed by atoms with Crippen molar-refractivity contribution in [1.29, 1.82) is 0 Å². The Morgan fingerprint density at radius 1 is 1.21 bits per heavy atom. The zero-order valence-corrected chi connectivity index (χ0v) is 14.0. The number of ether oxygens (including phenoxy) is 1. The first kappa shape index (κ1) is 17.5. The van der Waals surface area contributed by atoms with Gasteiger partial charge in [0.25, 0.3) is 5.91 Å². The first-order valence-electron chi connectivity index (χ1n) is 7.75. The first-order valence-corrected chi connectivity index (χ1v) is 7.75. The summed E-state index contributed by atoms with van der Waals surface area (Å²) >= 11 is 0. The maximum Gasteiger partial charge on any atom is 0.337 e. The van der Waals surface area contributed by atoms with Crippen molar-refractivity contribution in [2.45, 2.75) is 26.3 Å². The quantitative estimate of drug-likeness (QED) is 0.796. The SMILES string of the molecule is CCC(C)Nc1ccc(C(=O)Nc2cccc(C(=O)OC)c2)nc1. The molecule has 2 N–H and O–H groups in total. The van der Waals surface area contributed by atoms with Crippen LogP contribution in [-0.2, 0) is 4.74 Å². The minimum atomic E-state index is -0.454. The Balaban J connectivity index is 2.06. The van der Waals surface area contributed by atoms with Crippen LogP contribution in [0.15, 0.2) is 42.6 Å². The lowest BCUT2D eigenvalue weighted by atomic mass is 10.2. The Morgan fingerprint density at radius 2 is 2.00 bits per heavy atom. The molecule has 1 atom stereocenters. The number of esters is 1. The highest BCUT2D eigenvalue weighted by atomic mass is 16.5. The van der Waals surface area contributed by atoms with Gasteiger partial charge in [-0.15, -0.1) is 0 Å². The zero-order valence-electron chi connectivity index (χ0n) is 14.0. The molecule has 0 saturated carbocycles. The van der Waals surface area contributed by atoms with E-state index in [2.05, 4.69) is 34.2 Å². The molecule has 0 bridgehead atoms. The molecule has 24 heavy (non-hydrogen) atoms. The lowest BCUT2D eigenvalue weighted by Crippen LogP contribution is -2.16. The van der Waals surface area contributed by atoms with E-state index in [9.17, 15) is 9.59 Å². The third-order valence-corrected chi connectivity index (χ3v) is 3.56. The average molecular weight is 327 g/mol. The standard InChI is InChI=1S/C18H21N3O3/c1-4-12(2)20-15-8-9-16(19-11-15)17(22)21-14-7-5-6-13(10-14)18(23)24-3/h5-12,20H,4H2,1-3H3,(H,21,22). The number of nitrogens with zero attached hydrogens (tertiary/aromatic N) is 1. The fourth-order valence-corrected chi connectivity index (χ4v) is 2.04. The van der Waals surface area contributed by atoms with Crippen molar-refractivity contribution in [3.8, 4) is 0 Å². The number of hydrogen-bond donors (Lipinski definition) is 2. The highest BCUT2D eigenvalue weighted by Crippen LogP contribution is 2.14. The number of amides is 1. The molecule has 0 aliphatic heterocycles. The molecular weight excluding hydrogens is 306 g/mol. The third-order valence-electron chi connectivity index (χ3n) is 3.56. The van der Waals surface area contributed by atoms with Gasteiger partial charge in [0.15, 0.2) is 0 Å². The number of pyridine rings is 1. The van der Waals surface area contributed by atoms with E-state index in [1.54, 1.807) is 36.5 Å². The van der Waals surface area contributed by atoms with Gasteiger partial charge in [0.2, 0.25) is 0 Å². The van der Waals surface area contributed by atoms with Gasteiger partial charge in [-0.25, -0.2) is 9.78 Å². The Morgan fingerprint density at radius 3 is 2.62 bits per heavy atom. The van der Waals surface area contributed by atoms with Crippen LogP contribution in [0, 0.1) is 0 Å². The number of methoxy groups -OCH3 is 1. The van der Waals surface area contributed by atoms with Crippen LogP contribution in [0.4, 0.5) is 11.4 Å². The molecule has 0 aliphatic carbocycles. The Labute approximate surface area is 141 Å². The van der Waals surface area contributed by atoms with Crippen LogP contribution >= 0.6 is 0 Å². The fourth-order valence-electron chi connectivity index (χ4n) is 2.04. The summed E-state index contributed by atoms with van der Waals surface area (Å²) in [6, 6.07) is 10.4. The highest BCUT2D eigenvalue weighted by Gasteiger charge is 2.10. The van der Waals surface area contributed by atoms with Crippen molar-refractivity contribution < 1.29 is 14.3 Å². The average Bonchev–Trinajstić information content (AvgIpc) is 2.61. The maximum absolute atomic E-state index is 12.2. The van der Waals surface area contributed by atoms with Crippen LogP contribution in [0.2, 0.25) is 0 Å². The number of nitrogens with one attached hydrogen (secondary N) is 2. The van der Waals surface area contributed by atoms with Gasteiger partial charge in [-0.1, -0.05) is 13.0 Å². The molecule has 2 aromatic rings. The van der Waals surface area contributed by atoms with Crippen LogP contribution in [0.1, 0.15) is 41.1 Å². The van der Waals surface area contributed by atoms with Crippen molar-refractivity contribution >= 4 is 23.3 Å². The molecule has 0 fully saturated rings. The summed E-state index contributed by atoms with van der Waals surface area (Å²) in [6.07, 6.45) is 2.63. The molecule has 6 nitrogen and oxygen atoms in total. The Hall–Kier alpha value is -2.89. The summed E-state index contributed by atoms with van der Waals surface area (Å²) in [4.78, 5) is 27.9. The Bertz CT molecular complexity index is 714. The van der Waals surface area contributed by atoms with Gasteiger partial charge in [0.1, 0.15) is 5.69 Å². The van der Waals surface area contributed by atoms with Gasteiger partial charge in [-0.2, -0.15) is 0 Å². The van der Waals surface area contributed by atoms with Gasteiger partial charge in [-0.05, 0) is 43.7 Å². The second kappa shape index (κ2) is 8.10. The van der Waals surface area contributed by atoms with Crippen LogP contribution in [0.3, 0.4) is 0 Å². The second-order valence-electron chi connectivity index (χ2n) is 5.41. The molecule has 0 saturated heterocycles. The van der Waals surface area contributed by atoms with Crippen molar-refractivity contribution in [1.82, 2.24) is 4.98 Å². The molecule has 1 heterocycles. The van der Waals surface area contributed by atoms with Crippen molar-refractivity contribution in [2.24, 2.45) is 0 Å². The first-order chi connectivity index (χ1) is 11.5. The molecule has 1 aromatic carbocycles. The van der Waals surface area contributed by atoms with E-state index in [-0.39, 0.29) is 5.91 Å². The van der Waals surface area contributed by atoms with Gasteiger partial charge < -0.3 is 15.4 Å². The molecule has 1 amide bonds. The van der Waals surface area contributed by atoms with E-state index in [1.165, 1.54) is 7.11 Å². The van der Waals surface area contributed by atoms with Crippen molar-refractivity contribution in [2.75, 3.05) is 17.7 Å². The molecule has 0 radical (unpaired) electrons. The minimum absolute atomic E-state index is 0.299. The number of carbonyl (C=O) groups is 2. The second-order valence-corrected chi connectivity index (χ2v) is 5.41. The number of rotatable bonds is 6. The summed E-state index contributed by atoms with van der Waals surface area (Å²) in [5.41, 5.74) is 2.05. The van der Waals surface area contributed by atoms with Crippen molar-refractivity contribution in [3.63, 3.8) is 0 Å². The normalized spacial score (nSPS) is 11.5. The predicted molar refractivity (Wildman–Crippen MR) is 93.3 cm³/mol. The highest BCUT2D eigenvalue weighted by molar-refractivity contribution is 6.03. The van der Waals surface area contributed by atoms with E-state index in [0.29, 0.717) is 23.0 Å². The van der Waals surface area contributed by atoms with Gasteiger partial charge >= 0.3 is 5.97 Å². The van der Waals surface area contributed by atoms with E-state index >= 15 is 0 Å². The number of hydrogen-bond acceptors (Lipinski definition) is 5. The molecule has 1 aromatic heterocycles. The maximum atomic E-state index is 12.2. The summed E-state index contributed by atoms with van der Waals surface area (Å²) in [5.74, 6) is -0.795. The summed E-state index contributed by atoms with van der Waals surface area (Å²) in [7, 11) is 1.31. The van der Waals surface area contributed by atoms with Crippen LogP contribution < -0.4 is 10.6 Å². The molecule has 1 unspecified atom stereocenters. The molecule has 0 spiro atoms. The van der Waals surface area contributed by atoms with Crippen LogP contribution in [-0.4, -0.2) is 30.0 Å². The molecule has 0 aliphatic rings.